The Morgan fingerprint density at radius 2 is 1.80 bits per heavy atom. The van der Waals surface area contributed by atoms with Crippen LogP contribution in [-0.2, 0) is 4.79 Å². The largest absolute Gasteiger partial charge is 0.481 e. The summed E-state index contributed by atoms with van der Waals surface area (Å²) in [5, 5.41) is 0. The van der Waals surface area contributed by atoms with Crippen molar-refractivity contribution in [3.8, 4) is 5.75 Å². The molecule has 0 radical (unpaired) electrons. The van der Waals surface area contributed by atoms with Gasteiger partial charge in [0.2, 0.25) is 0 Å². The maximum absolute atomic E-state index is 12.2. The molecular weight excluding hydrogens is 250 g/mol. The van der Waals surface area contributed by atoms with Crippen molar-refractivity contribution in [3.05, 3.63) is 29.8 Å². The zero-order valence-electron chi connectivity index (χ0n) is 12.8. The second-order valence-corrected chi connectivity index (χ2v) is 5.67. The maximum atomic E-state index is 12.2. The monoisotopic (exact) mass is 275 g/mol. The molecule has 1 aliphatic heterocycles. The lowest BCUT2D eigenvalue weighted by atomic mass is 9.99. The highest BCUT2D eigenvalue weighted by atomic mass is 16.5. The molecule has 3 heteroatoms. The Morgan fingerprint density at radius 1 is 1.20 bits per heavy atom. The van der Waals surface area contributed by atoms with E-state index in [1.807, 2.05) is 24.0 Å². The summed E-state index contributed by atoms with van der Waals surface area (Å²) in [5.74, 6) is 1.44. The molecule has 1 amide bonds. The van der Waals surface area contributed by atoms with E-state index in [9.17, 15) is 4.79 Å². The number of benzene rings is 1. The average molecular weight is 275 g/mol. The summed E-state index contributed by atoms with van der Waals surface area (Å²) in [6, 6.07) is 8.12. The molecule has 2 rings (SSSR count). The molecule has 3 nitrogen and oxygen atoms in total. The number of amides is 1. The summed E-state index contributed by atoms with van der Waals surface area (Å²) in [6.45, 7) is 7.99. The molecule has 1 saturated heterocycles. The van der Waals surface area contributed by atoms with Gasteiger partial charge in [0.15, 0.2) is 6.10 Å². The summed E-state index contributed by atoms with van der Waals surface area (Å²) in [7, 11) is 0. The molecule has 0 bridgehead atoms. The molecule has 1 aromatic rings. The summed E-state index contributed by atoms with van der Waals surface area (Å²) in [4.78, 5) is 14.1. The molecule has 110 valence electrons. The van der Waals surface area contributed by atoms with Crippen LogP contribution in [0, 0.1) is 0 Å². The second kappa shape index (κ2) is 6.78. The highest BCUT2D eigenvalue weighted by Gasteiger charge is 2.24. The van der Waals surface area contributed by atoms with E-state index < -0.39 is 6.10 Å². The Bertz CT molecular complexity index is 435. The van der Waals surface area contributed by atoms with E-state index in [1.165, 1.54) is 5.56 Å². The first-order chi connectivity index (χ1) is 9.61. The van der Waals surface area contributed by atoms with Crippen molar-refractivity contribution in [2.75, 3.05) is 13.1 Å². The number of likely N-dealkylation sites (tertiary alicyclic amines) is 1. The second-order valence-electron chi connectivity index (χ2n) is 5.67. The Morgan fingerprint density at radius 3 is 2.35 bits per heavy atom. The van der Waals surface area contributed by atoms with Crippen LogP contribution in [0.15, 0.2) is 24.3 Å². The van der Waals surface area contributed by atoms with Gasteiger partial charge in [-0.2, -0.15) is 0 Å². The van der Waals surface area contributed by atoms with Gasteiger partial charge >= 0.3 is 0 Å². The average Bonchev–Trinajstić information content (AvgIpc) is 3.00. The van der Waals surface area contributed by atoms with Gasteiger partial charge in [0.05, 0.1) is 0 Å². The van der Waals surface area contributed by atoms with Crippen molar-refractivity contribution in [2.45, 2.75) is 52.1 Å². The molecule has 0 aromatic heterocycles. The maximum Gasteiger partial charge on any atom is 0.263 e. The van der Waals surface area contributed by atoms with Gasteiger partial charge in [-0.3, -0.25) is 4.79 Å². The third kappa shape index (κ3) is 3.53. The normalized spacial score (nSPS) is 17.9. The molecule has 0 N–H and O–H groups in total. The van der Waals surface area contributed by atoms with E-state index in [1.54, 1.807) is 0 Å². The smallest absolute Gasteiger partial charge is 0.263 e. The van der Waals surface area contributed by atoms with Crippen molar-refractivity contribution < 1.29 is 9.53 Å². The summed E-state index contributed by atoms with van der Waals surface area (Å²) in [5.41, 5.74) is 1.32. The van der Waals surface area contributed by atoms with E-state index in [-0.39, 0.29) is 5.91 Å². The first-order valence-corrected chi connectivity index (χ1v) is 7.67. The Labute approximate surface area is 121 Å². The lowest BCUT2D eigenvalue weighted by Crippen LogP contribution is -2.38. The van der Waals surface area contributed by atoms with Crippen molar-refractivity contribution >= 4 is 5.91 Å². The number of hydrogen-bond acceptors (Lipinski definition) is 2. The van der Waals surface area contributed by atoms with Crippen LogP contribution in [0.5, 0.6) is 5.75 Å². The summed E-state index contributed by atoms with van der Waals surface area (Å²) < 4.78 is 5.77. The fraction of sp³-hybridized carbons (Fsp3) is 0.588. The fourth-order valence-corrected chi connectivity index (χ4v) is 2.56. The third-order valence-corrected chi connectivity index (χ3v) is 4.14. The van der Waals surface area contributed by atoms with Crippen molar-refractivity contribution in [3.63, 3.8) is 0 Å². The van der Waals surface area contributed by atoms with Crippen LogP contribution in [0.4, 0.5) is 0 Å². The van der Waals surface area contributed by atoms with Gasteiger partial charge in [0, 0.05) is 13.1 Å². The van der Waals surface area contributed by atoms with Gasteiger partial charge in [0.1, 0.15) is 5.75 Å². The van der Waals surface area contributed by atoms with Crippen LogP contribution in [0.2, 0.25) is 0 Å². The Hall–Kier alpha value is -1.51. The number of ether oxygens (including phenoxy) is 1. The molecule has 1 fully saturated rings. The van der Waals surface area contributed by atoms with Crippen LogP contribution in [0.3, 0.4) is 0 Å². The van der Waals surface area contributed by atoms with Gasteiger partial charge in [-0.05, 0) is 49.8 Å². The van der Waals surface area contributed by atoms with Crippen molar-refractivity contribution in [1.82, 2.24) is 4.90 Å². The number of rotatable bonds is 5. The van der Waals surface area contributed by atoms with E-state index in [2.05, 4.69) is 26.0 Å². The van der Waals surface area contributed by atoms with Crippen LogP contribution in [0.1, 0.15) is 51.5 Å². The molecule has 0 saturated carbocycles. The lowest BCUT2D eigenvalue weighted by molar-refractivity contribution is -0.136. The molecule has 0 spiro atoms. The molecule has 0 aliphatic carbocycles. The van der Waals surface area contributed by atoms with Crippen LogP contribution in [0.25, 0.3) is 0 Å². The third-order valence-electron chi connectivity index (χ3n) is 4.14. The van der Waals surface area contributed by atoms with Crippen molar-refractivity contribution in [1.29, 1.82) is 0 Å². The predicted molar refractivity (Wildman–Crippen MR) is 81.1 cm³/mol. The Kier molecular flexibility index (Phi) is 5.05. The highest BCUT2D eigenvalue weighted by molar-refractivity contribution is 5.81. The highest BCUT2D eigenvalue weighted by Crippen LogP contribution is 2.22. The van der Waals surface area contributed by atoms with E-state index in [4.69, 9.17) is 4.74 Å². The van der Waals surface area contributed by atoms with Crippen LogP contribution < -0.4 is 4.74 Å². The first kappa shape index (κ1) is 14.9. The molecule has 2 atom stereocenters. The quantitative estimate of drug-likeness (QED) is 0.822. The number of nitrogens with zero attached hydrogens (tertiary/aromatic N) is 1. The summed E-state index contributed by atoms with van der Waals surface area (Å²) >= 11 is 0. The number of hydrogen-bond donors (Lipinski definition) is 0. The molecular formula is C17H25NO2. The van der Waals surface area contributed by atoms with Crippen molar-refractivity contribution in [2.24, 2.45) is 0 Å². The zero-order chi connectivity index (χ0) is 14.5. The molecule has 2 unspecified atom stereocenters. The van der Waals surface area contributed by atoms with E-state index in [0.29, 0.717) is 5.92 Å². The van der Waals surface area contributed by atoms with Gasteiger partial charge in [0.25, 0.3) is 5.91 Å². The minimum absolute atomic E-state index is 0.105. The number of carbonyl (C=O) groups is 1. The lowest BCUT2D eigenvalue weighted by Gasteiger charge is -2.21. The van der Waals surface area contributed by atoms with Gasteiger partial charge in [-0.1, -0.05) is 26.0 Å². The van der Waals surface area contributed by atoms with E-state index in [0.717, 1.165) is 38.1 Å². The minimum atomic E-state index is -0.400. The molecule has 1 heterocycles. The number of carbonyl (C=O) groups excluding carboxylic acids is 1. The van der Waals surface area contributed by atoms with Gasteiger partial charge in [-0.15, -0.1) is 0 Å². The SMILES string of the molecule is CCC(C)c1ccc(OC(C)C(=O)N2CCCC2)cc1. The molecule has 20 heavy (non-hydrogen) atoms. The van der Waals surface area contributed by atoms with E-state index >= 15 is 0 Å². The van der Waals surface area contributed by atoms with Crippen LogP contribution in [-0.4, -0.2) is 30.0 Å². The Balaban J connectivity index is 1.93. The predicted octanol–water partition coefficient (Wildman–Crippen LogP) is 3.59. The fourth-order valence-electron chi connectivity index (χ4n) is 2.56. The summed E-state index contributed by atoms with van der Waals surface area (Å²) in [6.07, 6.45) is 2.95. The zero-order valence-corrected chi connectivity index (χ0v) is 12.8. The first-order valence-electron chi connectivity index (χ1n) is 7.67. The minimum Gasteiger partial charge on any atom is -0.481 e. The standard InChI is InChI=1S/C17H25NO2/c1-4-13(2)15-7-9-16(10-8-15)20-14(3)17(19)18-11-5-6-12-18/h7-10,13-14H,4-6,11-12H2,1-3H3. The molecule has 1 aromatic carbocycles. The topological polar surface area (TPSA) is 29.5 Å². The molecule has 1 aliphatic rings. The van der Waals surface area contributed by atoms with Gasteiger partial charge in [-0.25, -0.2) is 0 Å². The van der Waals surface area contributed by atoms with Crippen LogP contribution >= 0.6 is 0 Å². The van der Waals surface area contributed by atoms with Gasteiger partial charge < -0.3 is 9.64 Å².